The normalized spacial score (nSPS) is 20.3. The van der Waals surface area contributed by atoms with E-state index in [2.05, 4.69) is 63.8 Å². The van der Waals surface area contributed by atoms with E-state index in [0.717, 1.165) is 75.9 Å². The number of nitrogens with zero attached hydrogens (tertiary/aromatic N) is 4. The van der Waals surface area contributed by atoms with Crippen LogP contribution in [0, 0.1) is 5.92 Å². The Labute approximate surface area is 400 Å². The molecule has 0 aliphatic carbocycles. The number of ether oxygens (including phenoxy) is 5. The van der Waals surface area contributed by atoms with E-state index < -0.39 is 39.7 Å². The van der Waals surface area contributed by atoms with Crippen LogP contribution in [0.4, 0.5) is 9.59 Å². The van der Waals surface area contributed by atoms with Crippen molar-refractivity contribution in [3.8, 4) is 33.6 Å². The molecule has 4 aromatic carbocycles. The molecule has 6 heterocycles. The first-order valence-electron chi connectivity index (χ1n) is 23.1. The second kappa shape index (κ2) is 19.7. The number of rotatable bonds is 12. The van der Waals surface area contributed by atoms with Gasteiger partial charge in [0.05, 0.1) is 44.8 Å². The van der Waals surface area contributed by atoms with Gasteiger partial charge in [0.25, 0.3) is 5.91 Å². The number of amides is 3. The Morgan fingerprint density at radius 1 is 0.721 bits per heavy atom. The van der Waals surface area contributed by atoms with E-state index in [0.29, 0.717) is 50.8 Å². The summed E-state index contributed by atoms with van der Waals surface area (Å²) in [5, 5.41) is 4.89. The van der Waals surface area contributed by atoms with Crippen molar-refractivity contribution in [1.82, 2.24) is 35.1 Å². The quantitative estimate of drug-likeness (QED) is 0.102. The van der Waals surface area contributed by atoms with Crippen LogP contribution in [-0.4, -0.2) is 128 Å². The zero-order chi connectivity index (χ0) is 46.8. The zero-order valence-electron chi connectivity index (χ0n) is 37.9. The molecule has 4 atom stereocenters. The molecule has 4 unspecified atom stereocenters. The maximum absolute atomic E-state index is 14.4. The summed E-state index contributed by atoms with van der Waals surface area (Å²) < 4.78 is 27.0. The molecule has 4 aliphatic rings. The number of carbonyl (C=O) groups is 4. The van der Waals surface area contributed by atoms with E-state index in [-0.39, 0.29) is 39.8 Å². The summed E-state index contributed by atoms with van der Waals surface area (Å²) in [5.74, 6) is 0.186. The number of carbonyl (C=O) groups excluding carboxylic acids is 4. The molecule has 68 heavy (non-hydrogen) atoms. The summed E-state index contributed by atoms with van der Waals surface area (Å²) in [6.07, 6.45) is 6.50. The van der Waals surface area contributed by atoms with Crippen LogP contribution in [0.2, 0.25) is 4.71 Å². The summed E-state index contributed by atoms with van der Waals surface area (Å²) in [5.41, 5.74) is 6.34. The summed E-state index contributed by atoms with van der Waals surface area (Å²) in [6.45, 7) is 2.87. The van der Waals surface area contributed by atoms with Gasteiger partial charge in [0.2, 0.25) is 0 Å². The van der Waals surface area contributed by atoms with Crippen LogP contribution in [0.15, 0.2) is 103 Å². The summed E-state index contributed by atoms with van der Waals surface area (Å²) in [6, 6.07) is 28.4. The van der Waals surface area contributed by atoms with Crippen LogP contribution in [0.3, 0.4) is 0 Å². The minimum atomic E-state index is -0.997. The molecular formula is C51H53AsN7O9. The summed E-state index contributed by atoms with van der Waals surface area (Å²) in [4.78, 5) is 73.6. The van der Waals surface area contributed by atoms with Crippen molar-refractivity contribution in [2.24, 2.45) is 5.92 Å². The van der Waals surface area contributed by atoms with Gasteiger partial charge in [-0.3, -0.25) is 4.79 Å². The fourth-order valence-electron chi connectivity index (χ4n) is 10.1. The number of likely N-dealkylation sites (tertiary alicyclic amines) is 2. The fourth-order valence-corrected chi connectivity index (χ4v) is 12.4. The molecule has 351 valence electrons. The van der Waals surface area contributed by atoms with Crippen LogP contribution < -0.4 is 5.32 Å². The second-order valence-electron chi connectivity index (χ2n) is 17.7. The van der Waals surface area contributed by atoms with E-state index in [1.807, 2.05) is 41.4 Å². The Hall–Kier alpha value is -6.32. The molecule has 3 N–H and O–H groups in total. The van der Waals surface area contributed by atoms with Crippen LogP contribution in [-0.2, 0) is 33.3 Å². The van der Waals surface area contributed by atoms with Gasteiger partial charge in [-0.2, -0.15) is 0 Å². The number of imidazole rings is 2. The van der Waals surface area contributed by atoms with E-state index in [1.54, 1.807) is 23.2 Å². The van der Waals surface area contributed by atoms with Crippen molar-refractivity contribution >= 4 is 49.2 Å². The van der Waals surface area contributed by atoms with Crippen molar-refractivity contribution in [2.75, 3.05) is 53.7 Å². The molecule has 16 nitrogen and oxygen atoms in total. The van der Waals surface area contributed by atoms with E-state index in [9.17, 15) is 19.2 Å². The van der Waals surface area contributed by atoms with E-state index in [4.69, 9.17) is 33.7 Å². The molecule has 4 saturated heterocycles. The molecule has 3 amide bonds. The third-order valence-electron chi connectivity index (χ3n) is 13.6. The first-order valence-corrected chi connectivity index (χ1v) is 25.1. The standard InChI is InChI=1S/C51H53AsN7O9/c1-64-49(62)52-43(33-18-21-66-22-19-33)47(60)58-20-6-9-41(58)45-53-29-40(56-45)38-17-16-36-25-35(14-15-37(36)26-38)31-10-12-32(13-11-31)39-28-54-46(55-39)42-27-51(67-23-24-68-51)30-59(42)48(61)44(57-50(63)65-2)34-7-4-3-5-8-34/h3-5,7-8,10-17,25-26,28-29,33,41-44H,6,9,18-24,27,30H2,1-2H3,(H,53,56)(H,54,55)(H,57,63). The molecule has 0 bridgehead atoms. The third-order valence-corrected chi connectivity index (χ3v) is 16.4. The minimum absolute atomic E-state index is 0.0321. The van der Waals surface area contributed by atoms with Crippen molar-refractivity contribution in [3.63, 3.8) is 0 Å². The summed E-state index contributed by atoms with van der Waals surface area (Å²) >= 11 is -0.962. The Kier molecular flexibility index (Phi) is 13.2. The number of hydrogen-bond donors (Lipinski definition) is 3. The van der Waals surface area contributed by atoms with Crippen molar-refractivity contribution < 1.29 is 42.9 Å². The predicted octanol–water partition coefficient (Wildman–Crippen LogP) is 7.75. The second-order valence-corrected chi connectivity index (χ2v) is 20.2. The molecular weight excluding hydrogens is 930 g/mol. The van der Waals surface area contributed by atoms with Gasteiger partial charge in [-0.05, 0) is 22.3 Å². The monoisotopic (exact) mass is 982 g/mol. The first-order chi connectivity index (χ1) is 33.2. The van der Waals surface area contributed by atoms with Crippen LogP contribution in [0.25, 0.3) is 44.4 Å². The molecule has 1 spiro atoms. The maximum atomic E-state index is 14.4. The van der Waals surface area contributed by atoms with Gasteiger partial charge in [-0.25, -0.2) is 9.78 Å². The SMILES string of the molecule is COC(=O)NC(C(=O)N1CC2(CC1c1ncc(-c3ccc(-c4ccc5cc(-c6cnc(C7CCCN7C(=O)C([As]C(=O)OC)C7CCOCC7)[nH]6)ccc5c4)cc3)[nH]1)OCCO2)c1ccccc1. The van der Waals surface area contributed by atoms with Gasteiger partial charge in [0, 0.05) is 6.42 Å². The van der Waals surface area contributed by atoms with Gasteiger partial charge in [0.1, 0.15) is 11.9 Å². The minimum Gasteiger partial charge on any atom is -0.346 e. The molecule has 0 saturated carbocycles. The van der Waals surface area contributed by atoms with Gasteiger partial charge in [-0.15, -0.1) is 0 Å². The predicted molar refractivity (Wildman–Crippen MR) is 252 cm³/mol. The Balaban J connectivity index is 0.831. The Morgan fingerprint density at radius 3 is 2.04 bits per heavy atom. The average Bonchev–Trinajstić information content (AvgIpc) is 4.26. The van der Waals surface area contributed by atoms with Gasteiger partial charge < -0.3 is 29.4 Å². The van der Waals surface area contributed by atoms with Crippen molar-refractivity contribution in [3.05, 3.63) is 121 Å². The molecule has 4 aliphatic heterocycles. The summed E-state index contributed by atoms with van der Waals surface area (Å²) in [7, 11) is 2.66. The number of aromatic amines is 2. The van der Waals surface area contributed by atoms with Gasteiger partial charge in [-0.1, -0.05) is 54.6 Å². The number of H-pyrrole nitrogens is 2. The number of fused-ring (bicyclic) bond motifs is 1. The number of alkyl carbamates (subject to hydrolysis) is 1. The van der Waals surface area contributed by atoms with Crippen LogP contribution in [0.1, 0.15) is 67.4 Å². The number of aromatic nitrogens is 4. The third kappa shape index (κ3) is 9.30. The van der Waals surface area contributed by atoms with E-state index >= 15 is 0 Å². The molecule has 1 radical (unpaired) electrons. The molecule has 17 heteroatoms. The van der Waals surface area contributed by atoms with Crippen LogP contribution in [0.5, 0.6) is 0 Å². The van der Waals surface area contributed by atoms with Crippen LogP contribution >= 0.6 is 0 Å². The number of nitrogens with one attached hydrogen (secondary N) is 3. The smallest absolute Gasteiger partial charge is 0.346 e. The topological polar surface area (TPSA) is 190 Å². The van der Waals surface area contributed by atoms with Crippen molar-refractivity contribution in [2.45, 2.75) is 60.7 Å². The average molecular weight is 983 g/mol. The molecule has 6 aromatic rings. The Morgan fingerprint density at radius 2 is 1.35 bits per heavy atom. The van der Waals surface area contributed by atoms with Crippen molar-refractivity contribution in [1.29, 1.82) is 0 Å². The molecule has 10 rings (SSSR count). The zero-order valence-corrected chi connectivity index (χ0v) is 39.8. The molecule has 4 fully saturated rings. The number of benzene rings is 4. The number of hydrogen-bond acceptors (Lipinski definition) is 11. The van der Waals surface area contributed by atoms with Gasteiger partial charge >= 0.3 is 206 Å². The van der Waals surface area contributed by atoms with Gasteiger partial charge in [0.15, 0.2) is 5.79 Å². The fraction of sp³-hybridized carbons (Fsp3) is 0.373. The first kappa shape index (κ1) is 45.5. The molecule has 2 aromatic heterocycles. The van der Waals surface area contributed by atoms with E-state index in [1.165, 1.54) is 14.2 Å². The Bertz CT molecular complexity index is 2790. The number of methoxy groups -OCH3 is 2.